The number of thiazole rings is 1. The van der Waals surface area contributed by atoms with Gasteiger partial charge in [0, 0.05) is 0 Å². The molecule has 12 heteroatoms. The second-order valence-corrected chi connectivity index (χ2v) is 7.31. The molecule has 0 atom stereocenters. The van der Waals surface area contributed by atoms with Gasteiger partial charge in [-0.2, -0.15) is 18.0 Å². The molecule has 0 amide bonds. The van der Waals surface area contributed by atoms with Crippen molar-refractivity contribution < 1.29 is 23.1 Å². The summed E-state index contributed by atoms with van der Waals surface area (Å²) < 4.78 is 38.1. The van der Waals surface area contributed by atoms with Crippen LogP contribution in [0.25, 0.3) is 0 Å². The van der Waals surface area contributed by atoms with Crippen LogP contribution in [0, 0.1) is 0 Å². The van der Waals surface area contributed by atoms with E-state index >= 15 is 0 Å². The van der Waals surface area contributed by atoms with Crippen molar-refractivity contribution in [1.29, 1.82) is 0 Å². The number of carboxylic acids is 1. The first kappa shape index (κ1) is 16.7. The fraction of sp³-hybridized carbons (Fsp3) is 0.500. The Labute approximate surface area is 130 Å². The van der Waals surface area contributed by atoms with Crippen LogP contribution in [0.2, 0.25) is 0 Å². The van der Waals surface area contributed by atoms with Gasteiger partial charge in [0.1, 0.15) is 4.88 Å². The number of aromatic carboxylic acids is 1. The molecule has 0 radical (unpaired) electrons. The molecule has 0 saturated heterocycles. The topological polar surface area (TPSA) is 93.8 Å². The number of nitrogens with zero attached hydrogens (tertiary/aromatic N) is 5. The van der Waals surface area contributed by atoms with E-state index in [-0.39, 0.29) is 9.50 Å². The maximum Gasteiger partial charge on any atom is 0.435 e. The summed E-state index contributed by atoms with van der Waals surface area (Å²) in [5, 5.41) is 20.4. The standard InChI is InChI=1S/C10H10F3N5O2S2/c1-9(2,3)18-16-7(15-17-18)22-8-14-5(10(11,12)13)4(21-8)6(19)20/h1-3H3,(H,19,20). The molecule has 22 heavy (non-hydrogen) atoms. The molecule has 0 spiro atoms. The number of rotatable bonds is 3. The van der Waals surface area contributed by atoms with Crippen LogP contribution in [-0.2, 0) is 11.7 Å². The van der Waals surface area contributed by atoms with Gasteiger partial charge in [-0.05, 0) is 37.7 Å². The number of aromatic nitrogens is 5. The van der Waals surface area contributed by atoms with Crippen molar-refractivity contribution in [2.75, 3.05) is 0 Å². The first-order chi connectivity index (χ1) is 9.98. The van der Waals surface area contributed by atoms with Crippen LogP contribution in [0.5, 0.6) is 0 Å². The number of carboxylic acid groups (broad SMARTS) is 1. The van der Waals surface area contributed by atoms with Crippen LogP contribution >= 0.6 is 23.1 Å². The third-order valence-electron chi connectivity index (χ3n) is 2.24. The highest BCUT2D eigenvalue weighted by atomic mass is 32.2. The monoisotopic (exact) mass is 353 g/mol. The van der Waals surface area contributed by atoms with Crippen LogP contribution in [0.4, 0.5) is 13.2 Å². The Balaban J connectivity index is 2.31. The average Bonchev–Trinajstić information content (AvgIpc) is 2.94. The molecule has 2 heterocycles. The van der Waals surface area contributed by atoms with Gasteiger partial charge in [-0.3, -0.25) is 0 Å². The minimum absolute atomic E-state index is 0.0920. The molecule has 0 unspecified atom stereocenters. The number of alkyl halides is 3. The highest BCUT2D eigenvalue weighted by Gasteiger charge is 2.40. The number of carbonyl (C=O) groups is 1. The van der Waals surface area contributed by atoms with Gasteiger partial charge >= 0.3 is 12.1 Å². The van der Waals surface area contributed by atoms with Crippen LogP contribution in [0.1, 0.15) is 36.1 Å². The van der Waals surface area contributed by atoms with E-state index in [2.05, 4.69) is 20.4 Å². The van der Waals surface area contributed by atoms with E-state index < -0.39 is 28.3 Å². The van der Waals surface area contributed by atoms with Gasteiger partial charge in [0.2, 0.25) is 5.16 Å². The van der Waals surface area contributed by atoms with Gasteiger partial charge in [-0.1, -0.05) is 11.3 Å². The maximum atomic E-state index is 12.7. The summed E-state index contributed by atoms with van der Waals surface area (Å²) in [6.45, 7) is 5.49. The summed E-state index contributed by atoms with van der Waals surface area (Å²) in [5.41, 5.74) is -1.85. The average molecular weight is 353 g/mol. The molecule has 0 saturated carbocycles. The summed E-state index contributed by atoms with van der Waals surface area (Å²) in [4.78, 5) is 14.7. The summed E-state index contributed by atoms with van der Waals surface area (Å²) >= 11 is 1.15. The molecular formula is C10H10F3N5O2S2. The van der Waals surface area contributed by atoms with Gasteiger partial charge in [0.05, 0.1) is 5.54 Å². The Morgan fingerprint density at radius 3 is 2.36 bits per heavy atom. The van der Waals surface area contributed by atoms with Gasteiger partial charge in [-0.25, -0.2) is 9.78 Å². The van der Waals surface area contributed by atoms with E-state index in [1.54, 1.807) is 0 Å². The van der Waals surface area contributed by atoms with Crippen LogP contribution < -0.4 is 0 Å². The van der Waals surface area contributed by atoms with E-state index in [1.807, 2.05) is 20.8 Å². The quantitative estimate of drug-likeness (QED) is 0.907. The van der Waals surface area contributed by atoms with Crippen molar-refractivity contribution in [1.82, 2.24) is 25.2 Å². The Morgan fingerprint density at radius 1 is 1.32 bits per heavy atom. The minimum Gasteiger partial charge on any atom is -0.477 e. The second-order valence-electron chi connectivity index (χ2n) is 5.09. The lowest BCUT2D eigenvalue weighted by Crippen LogP contribution is -2.24. The highest BCUT2D eigenvalue weighted by molar-refractivity contribution is 8.00. The number of tetrazole rings is 1. The molecular weight excluding hydrogens is 343 g/mol. The van der Waals surface area contributed by atoms with Crippen molar-refractivity contribution in [2.45, 2.75) is 42.0 Å². The molecule has 0 aromatic carbocycles. The first-order valence-electron chi connectivity index (χ1n) is 5.78. The van der Waals surface area contributed by atoms with Gasteiger partial charge < -0.3 is 5.11 Å². The lowest BCUT2D eigenvalue weighted by atomic mass is 10.1. The lowest BCUT2D eigenvalue weighted by molar-refractivity contribution is -0.141. The molecule has 120 valence electrons. The SMILES string of the molecule is CC(C)(C)n1nnc(Sc2nc(C(F)(F)F)c(C(=O)O)s2)n1. The molecule has 0 bridgehead atoms. The Kier molecular flexibility index (Phi) is 4.17. The van der Waals surface area contributed by atoms with E-state index in [9.17, 15) is 18.0 Å². The van der Waals surface area contributed by atoms with Crippen molar-refractivity contribution in [2.24, 2.45) is 0 Å². The molecule has 0 fully saturated rings. The van der Waals surface area contributed by atoms with Crippen molar-refractivity contribution >= 4 is 29.1 Å². The lowest BCUT2D eigenvalue weighted by Gasteiger charge is -2.15. The second kappa shape index (κ2) is 5.50. The third kappa shape index (κ3) is 3.55. The molecule has 7 nitrogen and oxygen atoms in total. The van der Waals surface area contributed by atoms with Crippen LogP contribution in [0.3, 0.4) is 0 Å². The summed E-state index contributed by atoms with van der Waals surface area (Å²) in [7, 11) is 0. The van der Waals surface area contributed by atoms with Crippen molar-refractivity contribution in [3.63, 3.8) is 0 Å². The Hall–Kier alpha value is -1.69. The third-order valence-corrected chi connectivity index (χ3v) is 4.19. The highest BCUT2D eigenvalue weighted by Crippen LogP contribution is 2.38. The van der Waals surface area contributed by atoms with Gasteiger partial charge in [0.25, 0.3) is 0 Å². The first-order valence-corrected chi connectivity index (χ1v) is 7.41. The van der Waals surface area contributed by atoms with E-state index in [0.29, 0.717) is 11.3 Å². The zero-order valence-electron chi connectivity index (χ0n) is 11.5. The predicted molar refractivity (Wildman–Crippen MR) is 71.0 cm³/mol. The molecule has 1 N–H and O–H groups in total. The van der Waals surface area contributed by atoms with Crippen molar-refractivity contribution in [3.8, 4) is 0 Å². The molecule has 2 rings (SSSR count). The smallest absolute Gasteiger partial charge is 0.435 e. The fourth-order valence-corrected chi connectivity index (χ4v) is 3.07. The van der Waals surface area contributed by atoms with Crippen LogP contribution in [-0.4, -0.2) is 36.3 Å². The van der Waals surface area contributed by atoms with E-state index in [4.69, 9.17) is 5.11 Å². The molecule has 0 aliphatic rings. The van der Waals surface area contributed by atoms with Gasteiger partial charge in [0.15, 0.2) is 10.0 Å². The van der Waals surface area contributed by atoms with Crippen LogP contribution in [0.15, 0.2) is 9.50 Å². The molecule has 0 aliphatic carbocycles. The van der Waals surface area contributed by atoms with Crippen molar-refractivity contribution in [3.05, 3.63) is 10.6 Å². The summed E-state index contributed by atoms with van der Waals surface area (Å²) in [5.74, 6) is -1.68. The zero-order valence-corrected chi connectivity index (χ0v) is 13.2. The maximum absolute atomic E-state index is 12.7. The van der Waals surface area contributed by atoms with Gasteiger partial charge in [-0.15, -0.1) is 10.2 Å². The normalized spacial score (nSPS) is 12.6. The largest absolute Gasteiger partial charge is 0.477 e. The minimum atomic E-state index is -4.83. The molecule has 2 aromatic heterocycles. The van der Waals surface area contributed by atoms with E-state index in [0.717, 1.165) is 11.8 Å². The summed E-state index contributed by atoms with van der Waals surface area (Å²) in [6, 6.07) is 0. The summed E-state index contributed by atoms with van der Waals surface area (Å²) in [6.07, 6.45) is -4.83. The fourth-order valence-electron chi connectivity index (χ4n) is 1.29. The zero-order chi connectivity index (χ0) is 16.7. The predicted octanol–water partition coefficient (Wildman–Crippen LogP) is 2.75. The molecule has 2 aromatic rings. The number of hydrogen-bond acceptors (Lipinski definition) is 7. The number of hydrogen-bond donors (Lipinski definition) is 1. The number of halogens is 3. The molecule has 0 aliphatic heterocycles. The Morgan fingerprint density at radius 2 is 1.95 bits per heavy atom. The van der Waals surface area contributed by atoms with E-state index in [1.165, 1.54) is 4.80 Å². The Bertz CT molecular complexity index is 704.